The highest BCUT2D eigenvalue weighted by Gasteiger charge is 2.53. The SMILES string of the molecule is CC(C)(C)c1ccc(N(C(=O)C2CCCN2C#N)C2(C(=O)NC3CCCCC3)CCCc3ccncc32)cc1. The van der Waals surface area contributed by atoms with Gasteiger partial charge in [-0.3, -0.25) is 24.4 Å². The van der Waals surface area contributed by atoms with Crippen LogP contribution in [0.3, 0.4) is 0 Å². The number of fused-ring (bicyclic) bond motifs is 1. The van der Waals surface area contributed by atoms with Gasteiger partial charge in [0.15, 0.2) is 11.7 Å². The molecule has 2 heterocycles. The summed E-state index contributed by atoms with van der Waals surface area (Å²) in [6.07, 6.45) is 14.6. The van der Waals surface area contributed by atoms with Crippen LogP contribution in [0.1, 0.15) is 95.2 Å². The molecule has 0 radical (unpaired) electrons. The highest BCUT2D eigenvalue weighted by molar-refractivity contribution is 6.06. The van der Waals surface area contributed by atoms with E-state index in [0.717, 1.165) is 61.6 Å². The lowest BCUT2D eigenvalue weighted by Gasteiger charge is -2.47. The maximum absolute atomic E-state index is 14.7. The number of nitriles is 1. The molecule has 206 valence electrons. The Bertz CT molecular complexity index is 1240. The highest BCUT2D eigenvalue weighted by Crippen LogP contribution is 2.44. The van der Waals surface area contributed by atoms with E-state index < -0.39 is 11.6 Å². The number of hydrogen-bond donors (Lipinski definition) is 1. The third kappa shape index (κ3) is 5.14. The monoisotopic (exact) mass is 527 g/mol. The summed E-state index contributed by atoms with van der Waals surface area (Å²) in [5, 5.41) is 13.2. The number of anilines is 1. The minimum Gasteiger partial charge on any atom is -0.351 e. The molecule has 2 aromatic rings. The standard InChI is InChI=1S/C32H41N5O2/c1-31(2,3)24-13-15-26(16-14-24)37(29(38)28-12-8-20-36(28)22-33)32(30(39)35-25-10-5-4-6-11-25)18-7-9-23-17-19-34-21-27(23)32/h13-17,19,21,25,28H,4-12,18,20H2,1-3H3,(H,35,39). The normalized spacial score (nSPS) is 23.5. The van der Waals surface area contributed by atoms with E-state index in [-0.39, 0.29) is 23.3 Å². The molecule has 3 aliphatic rings. The molecule has 1 aliphatic heterocycles. The van der Waals surface area contributed by atoms with Crippen LogP contribution >= 0.6 is 0 Å². The summed E-state index contributed by atoms with van der Waals surface area (Å²) in [4.78, 5) is 37.1. The Balaban J connectivity index is 1.68. The summed E-state index contributed by atoms with van der Waals surface area (Å²) in [5.41, 5.74) is 2.43. The van der Waals surface area contributed by atoms with Crippen molar-refractivity contribution in [2.75, 3.05) is 11.4 Å². The Labute approximate surface area is 232 Å². The zero-order chi connectivity index (χ0) is 27.6. The molecule has 1 saturated heterocycles. The van der Waals surface area contributed by atoms with Crippen molar-refractivity contribution in [2.45, 2.75) is 108 Å². The van der Waals surface area contributed by atoms with E-state index in [2.05, 4.69) is 49.4 Å². The van der Waals surface area contributed by atoms with Gasteiger partial charge in [0.05, 0.1) is 0 Å². The van der Waals surface area contributed by atoms with E-state index in [1.807, 2.05) is 18.2 Å². The van der Waals surface area contributed by atoms with Gasteiger partial charge in [0, 0.05) is 36.2 Å². The molecule has 1 saturated carbocycles. The fourth-order valence-corrected chi connectivity index (χ4v) is 6.74. The summed E-state index contributed by atoms with van der Waals surface area (Å²) in [6, 6.07) is 9.58. The van der Waals surface area contributed by atoms with Crippen LogP contribution in [0.25, 0.3) is 0 Å². The number of pyridine rings is 1. The van der Waals surface area contributed by atoms with Crippen LogP contribution < -0.4 is 10.2 Å². The molecular weight excluding hydrogens is 486 g/mol. The molecule has 0 bridgehead atoms. The number of nitrogens with zero attached hydrogens (tertiary/aromatic N) is 4. The van der Waals surface area contributed by atoms with Gasteiger partial charge in [-0.1, -0.05) is 52.2 Å². The van der Waals surface area contributed by atoms with Crippen molar-refractivity contribution in [1.29, 1.82) is 5.26 Å². The van der Waals surface area contributed by atoms with Gasteiger partial charge in [0.25, 0.3) is 11.8 Å². The molecule has 2 amide bonds. The molecule has 5 rings (SSSR count). The maximum Gasteiger partial charge on any atom is 0.251 e. The zero-order valence-corrected chi connectivity index (χ0v) is 23.6. The number of hydrogen-bond acceptors (Lipinski definition) is 5. The van der Waals surface area contributed by atoms with Gasteiger partial charge < -0.3 is 5.32 Å². The molecule has 7 nitrogen and oxygen atoms in total. The predicted molar refractivity (Wildman–Crippen MR) is 152 cm³/mol. The fourth-order valence-electron chi connectivity index (χ4n) is 6.74. The first-order valence-corrected chi connectivity index (χ1v) is 14.6. The van der Waals surface area contributed by atoms with Gasteiger partial charge in [-0.05, 0) is 79.7 Å². The van der Waals surface area contributed by atoms with E-state index >= 15 is 0 Å². The Morgan fingerprint density at radius 2 is 1.79 bits per heavy atom. The average molecular weight is 528 g/mol. The molecule has 2 fully saturated rings. The van der Waals surface area contributed by atoms with Gasteiger partial charge >= 0.3 is 0 Å². The second-order valence-electron chi connectivity index (χ2n) is 12.5. The molecule has 2 aliphatic carbocycles. The topological polar surface area (TPSA) is 89.3 Å². The van der Waals surface area contributed by atoms with Gasteiger partial charge in [-0.25, -0.2) is 0 Å². The molecular formula is C32H41N5O2. The number of carbonyl (C=O) groups excluding carboxylic acids is 2. The number of aromatic nitrogens is 1. The largest absolute Gasteiger partial charge is 0.351 e. The number of benzene rings is 1. The van der Waals surface area contributed by atoms with Gasteiger partial charge in [-0.2, -0.15) is 5.26 Å². The molecule has 0 spiro atoms. The van der Waals surface area contributed by atoms with Crippen LogP contribution in [0.2, 0.25) is 0 Å². The van der Waals surface area contributed by atoms with Crippen molar-refractivity contribution in [2.24, 2.45) is 0 Å². The summed E-state index contributed by atoms with van der Waals surface area (Å²) in [7, 11) is 0. The van der Waals surface area contributed by atoms with E-state index in [9.17, 15) is 14.9 Å². The molecule has 1 aromatic heterocycles. The molecule has 2 atom stereocenters. The number of carbonyl (C=O) groups is 2. The third-order valence-electron chi connectivity index (χ3n) is 8.92. The lowest BCUT2D eigenvalue weighted by Crippen LogP contribution is -2.63. The van der Waals surface area contributed by atoms with Crippen LogP contribution in [0.5, 0.6) is 0 Å². The third-order valence-corrected chi connectivity index (χ3v) is 8.92. The Morgan fingerprint density at radius 3 is 2.49 bits per heavy atom. The van der Waals surface area contributed by atoms with E-state index in [1.165, 1.54) is 6.42 Å². The van der Waals surface area contributed by atoms with Crippen molar-refractivity contribution in [3.8, 4) is 6.19 Å². The van der Waals surface area contributed by atoms with Crippen molar-refractivity contribution in [3.05, 3.63) is 59.4 Å². The first-order valence-electron chi connectivity index (χ1n) is 14.6. The number of likely N-dealkylation sites (tertiary alicyclic amines) is 1. The Morgan fingerprint density at radius 1 is 1.05 bits per heavy atom. The second kappa shape index (κ2) is 11.0. The number of rotatable bonds is 5. The lowest BCUT2D eigenvalue weighted by atomic mass is 9.74. The molecule has 1 aromatic carbocycles. The second-order valence-corrected chi connectivity index (χ2v) is 12.5. The van der Waals surface area contributed by atoms with Crippen molar-refractivity contribution in [1.82, 2.24) is 15.2 Å². The van der Waals surface area contributed by atoms with Crippen LogP contribution in [0.4, 0.5) is 5.69 Å². The van der Waals surface area contributed by atoms with Gasteiger partial charge in [-0.15, -0.1) is 0 Å². The van der Waals surface area contributed by atoms with Crippen LogP contribution in [-0.2, 0) is 27.0 Å². The minimum absolute atomic E-state index is 0.0478. The Hall–Kier alpha value is -3.40. The van der Waals surface area contributed by atoms with Gasteiger partial charge in [0.1, 0.15) is 6.04 Å². The number of nitrogens with one attached hydrogen (secondary N) is 1. The first-order chi connectivity index (χ1) is 18.8. The maximum atomic E-state index is 14.7. The van der Waals surface area contributed by atoms with Crippen LogP contribution in [0.15, 0.2) is 42.7 Å². The predicted octanol–water partition coefficient (Wildman–Crippen LogP) is 5.34. The molecule has 1 N–H and O–H groups in total. The fraction of sp³-hybridized carbons (Fsp3) is 0.562. The number of aryl methyl sites for hydroxylation is 1. The summed E-state index contributed by atoms with van der Waals surface area (Å²) < 4.78 is 0. The molecule has 39 heavy (non-hydrogen) atoms. The smallest absolute Gasteiger partial charge is 0.251 e. The zero-order valence-electron chi connectivity index (χ0n) is 23.6. The molecule has 2 unspecified atom stereocenters. The summed E-state index contributed by atoms with van der Waals surface area (Å²) in [5.74, 6) is -0.314. The van der Waals surface area contributed by atoms with Crippen LogP contribution in [-0.4, -0.2) is 40.3 Å². The number of amides is 2. The van der Waals surface area contributed by atoms with E-state index in [0.29, 0.717) is 25.1 Å². The highest BCUT2D eigenvalue weighted by atomic mass is 16.2. The first kappa shape index (κ1) is 27.2. The molecule has 7 heteroatoms. The summed E-state index contributed by atoms with van der Waals surface area (Å²) >= 11 is 0. The average Bonchev–Trinajstić information content (AvgIpc) is 3.43. The lowest BCUT2D eigenvalue weighted by molar-refractivity contribution is -0.133. The Kier molecular flexibility index (Phi) is 7.66. The minimum atomic E-state index is -1.23. The van der Waals surface area contributed by atoms with Crippen molar-refractivity contribution < 1.29 is 9.59 Å². The quantitative estimate of drug-likeness (QED) is 0.531. The van der Waals surface area contributed by atoms with Crippen molar-refractivity contribution >= 4 is 17.5 Å². The van der Waals surface area contributed by atoms with E-state index in [1.54, 1.807) is 22.2 Å². The van der Waals surface area contributed by atoms with E-state index in [4.69, 9.17) is 0 Å². The summed E-state index contributed by atoms with van der Waals surface area (Å²) in [6.45, 7) is 7.05. The van der Waals surface area contributed by atoms with Crippen molar-refractivity contribution in [3.63, 3.8) is 0 Å². The van der Waals surface area contributed by atoms with Crippen LogP contribution in [0, 0.1) is 11.5 Å². The van der Waals surface area contributed by atoms with Gasteiger partial charge in [0.2, 0.25) is 0 Å².